The summed E-state index contributed by atoms with van der Waals surface area (Å²) in [5, 5.41) is 8.97. The molecule has 2 aromatic rings. The Morgan fingerprint density at radius 3 is 2.78 bits per heavy atom. The van der Waals surface area contributed by atoms with Crippen LogP contribution in [0, 0.1) is 5.92 Å². The maximum Gasteiger partial charge on any atom is 0.335 e. The van der Waals surface area contributed by atoms with Crippen molar-refractivity contribution in [3.63, 3.8) is 0 Å². The van der Waals surface area contributed by atoms with Crippen LogP contribution in [-0.2, 0) is 5.54 Å². The summed E-state index contributed by atoms with van der Waals surface area (Å²) in [6, 6.07) is 5.14. The number of hydrogen-bond acceptors (Lipinski definition) is 2. The summed E-state index contributed by atoms with van der Waals surface area (Å²) < 4.78 is 2.17. The van der Waals surface area contributed by atoms with E-state index in [-0.39, 0.29) is 11.1 Å². The molecule has 1 N–H and O–H groups in total. The van der Waals surface area contributed by atoms with E-state index in [4.69, 9.17) is 5.11 Å². The third kappa shape index (κ3) is 1.60. The van der Waals surface area contributed by atoms with E-state index in [1.807, 2.05) is 12.4 Å². The molecule has 1 aromatic heterocycles. The second-order valence-electron chi connectivity index (χ2n) is 5.55. The van der Waals surface area contributed by atoms with Crippen LogP contribution >= 0.6 is 0 Å². The highest BCUT2D eigenvalue weighted by atomic mass is 16.4. The van der Waals surface area contributed by atoms with Crippen LogP contribution in [0.3, 0.4) is 0 Å². The Bertz CT molecular complexity index is 624. The summed E-state index contributed by atoms with van der Waals surface area (Å²) in [4.78, 5) is 15.3. The van der Waals surface area contributed by atoms with Crippen LogP contribution in [0.1, 0.15) is 37.0 Å². The summed E-state index contributed by atoms with van der Waals surface area (Å²) in [5.74, 6) is -0.207. The lowest BCUT2D eigenvalue weighted by Gasteiger charge is -2.27. The molecule has 94 valence electrons. The number of carboxylic acids is 1. The number of aromatic carboxylic acids is 1. The highest BCUT2D eigenvalue weighted by Gasteiger charge is 2.39. The number of imidazole rings is 1. The van der Waals surface area contributed by atoms with Gasteiger partial charge in [0.25, 0.3) is 0 Å². The number of rotatable bonds is 3. The summed E-state index contributed by atoms with van der Waals surface area (Å²) in [6.07, 6.45) is 4.36. The standard InChI is InChI=1S/C14H16N2O2/c1-14(2,10-4-5-10)16-8-15-11-7-9(13(17)18)3-6-12(11)16/h3,6-8,10H,4-5H2,1-2H3,(H,17,18). The maximum absolute atomic E-state index is 10.9. The van der Waals surface area contributed by atoms with Gasteiger partial charge in [-0.25, -0.2) is 9.78 Å². The van der Waals surface area contributed by atoms with E-state index < -0.39 is 5.97 Å². The average Bonchev–Trinajstić information content (AvgIpc) is 3.08. The smallest absolute Gasteiger partial charge is 0.335 e. The van der Waals surface area contributed by atoms with E-state index in [1.54, 1.807) is 12.1 Å². The van der Waals surface area contributed by atoms with Crippen molar-refractivity contribution in [1.82, 2.24) is 9.55 Å². The number of carboxylic acid groups (broad SMARTS) is 1. The SMILES string of the molecule is CC(C)(C1CC1)n1cnc2cc(C(=O)O)ccc21. The average molecular weight is 244 g/mol. The molecular weight excluding hydrogens is 228 g/mol. The van der Waals surface area contributed by atoms with Crippen LogP contribution in [0.15, 0.2) is 24.5 Å². The van der Waals surface area contributed by atoms with Gasteiger partial charge < -0.3 is 9.67 Å². The summed E-state index contributed by atoms with van der Waals surface area (Å²) >= 11 is 0. The first-order valence-corrected chi connectivity index (χ1v) is 6.21. The normalized spacial score (nSPS) is 16.1. The van der Waals surface area contributed by atoms with Crippen molar-refractivity contribution >= 4 is 17.0 Å². The van der Waals surface area contributed by atoms with Crippen LogP contribution in [0.5, 0.6) is 0 Å². The zero-order valence-electron chi connectivity index (χ0n) is 10.6. The summed E-state index contributed by atoms with van der Waals surface area (Å²) in [7, 11) is 0. The molecule has 1 saturated carbocycles. The van der Waals surface area contributed by atoms with E-state index in [9.17, 15) is 4.79 Å². The predicted molar refractivity (Wildman–Crippen MR) is 68.7 cm³/mol. The molecule has 0 saturated heterocycles. The van der Waals surface area contributed by atoms with Crippen molar-refractivity contribution in [2.75, 3.05) is 0 Å². The van der Waals surface area contributed by atoms with Gasteiger partial charge in [-0.2, -0.15) is 0 Å². The van der Waals surface area contributed by atoms with Gasteiger partial charge >= 0.3 is 5.97 Å². The van der Waals surface area contributed by atoms with E-state index >= 15 is 0 Å². The van der Waals surface area contributed by atoms with Gasteiger partial charge in [0, 0.05) is 5.54 Å². The minimum Gasteiger partial charge on any atom is -0.478 e. The first-order valence-electron chi connectivity index (χ1n) is 6.21. The Balaban J connectivity index is 2.12. The van der Waals surface area contributed by atoms with Gasteiger partial charge in [0.15, 0.2) is 0 Å². The first-order chi connectivity index (χ1) is 8.50. The third-order valence-electron chi connectivity index (χ3n) is 3.99. The van der Waals surface area contributed by atoms with Crippen molar-refractivity contribution in [3.05, 3.63) is 30.1 Å². The Hall–Kier alpha value is -1.84. The number of benzene rings is 1. The molecule has 1 heterocycles. The molecule has 0 radical (unpaired) electrons. The lowest BCUT2D eigenvalue weighted by Crippen LogP contribution is -2.27. The number of nitrogens with zero attached hydrogens (tertiary/aromatic N) is 2. The quantitative estimate of drug-likeness (QED) is 0.903. The van der Waals surface area contributed by atoms with Gasteiger partial charge in [0.05, 0.1) is 22.9 Å². The Kier molecular flexibility index (Phi) is 2.24. The van der Waals surface area contributed by atoms with E-state index in [1.165, 1.54) is 12.8 Å². The molecular formula is C14H16N2O2. The molecule has 0 aliphatic heterocycles. The second-order valence-corrected chi connectivity index (χ2v) is 5.55. The molecule has 0 atom stereocenters. The predicted octanol–water partition coefficient (Wildman–Crippen LogP) is 2.88. The molecule has 4 heteroatoms. The molecule has 1 aromatic carbocycles. The number of carbonyl (C=O) groups is 1. The highest BCUT2D eigenvalue weighted by Crippen LogP contribution is 2.44. The fourth-order valence-corrected chi connectivity index (χ4v) is 2.59. The van der Waals surface area contributed by atoms with Crippen molar-refractivity contribution < 1.29 is 9.90 Å². The van der Waals surface area contributed by atoms with E-state index in [0.29, 0.717) is 5.92 Å². The maximum atomic E-state index is 10.9. The van der Waals surface area contributed by atoms with Gasteiger partial charge in [-0.3, -0.25) is 0 Å². The molecule has 4 nitrogen and oxygen atoms in total. The van der Waals surface area contributed by atoms with Gasteiger partial charge in [0.2, 0.25) is 0 Å². The molecule has 18 heavy (non-hydrogen) atoms. The van der Waals surface area contributed by atoms with Crippen molar-refractivity contribution in [2.24, 2.45) is 5.92 Å². The zero-order valence-corrected chi connectivity index (χ0v) is 10.6. The Morgan fingerprint density at radius 1 is 1.44 bits per heavy atom. The minimum atomic E-state index is -0.909. The fraction of sp³-hybridized carbons (Fsp3) is 0.429. The number of aromatic nitrogens is 2. The molecule has 0 unspecified atom stereocenters. The zero-order chi connectivity index (χ0) is 12.9. The van der Waals surface area contributed by atoms with Crippen LogP contribution in [0.25, 0.3) is 11.0 Å². The molecule has 0 bridgehead atoms. The first kappa shape index (κ1) is 11.3. The molecule has 1 fully saturated rings. The number of fused-ring (bicyclic) bond motifs is 1. The van der Waals surface area contributed by atoms with Gasteiger partial charge in [0.1, 0.15) is 0 Å². The topological polar surface area (TPSA) is 55.1 Å². The van der Waals surface area contributed by atoms with E-state index in [0.717, 1.165) is 11.0 Å². The fourth-order valence-electron chi connectivity index (χ4n) is 2.59. The molecule has 3 rings (SSSR count). The van der Waals surface area contributed by atoms with Crippen LogP contribution < -0.4 is 0 Å². The molecule has 1 aliphatic rings. The largest absolute Gasteiger partial charge is 0.478 e. The highest BCUT2D eigenvalue weighted by molar-refractivity contribution is 5.92. The lowest BCUT2D eigenvalue weighted by molar-refractivity contribution is 0.0697. The molecule has 0 spiro atoms. The van der Waals surface area contributed by atoms with Crippen molar-refractivity contribution in [2.45, 2.75) is 32.2 Å². The molecule has 1 aliphatic carbocycles. The van der Waals surface area contributed by atoms with Gasteiger partial charge in [-0.1, -0.05) is 0 Å². The Morgan fingerprint density at radius 2 is 2.17 bits per heavy atom. The molecule has 0 amide bonds. The van der Waals surface area contributed by atoms with Gasteiger partial charge in [-0.05, 0) is 50.8 Å². The van der Waals surface area contributed by atoms with Crippen molar-refractivity contribution in [1.29, 1.82) is 0 Å². The third-order valence-corrected chi connectivity index (χ3v) is 3.99. The monoisotopic (exact) mass is 244 g/mol. The van der Waals surface area contributed by atoms with E-state index in [2.05, 4.69) is 23.4 Å². The second kappa shape index (κ2) is 3.57. The van der Waals surface area contributed by atoms with Crippen LogP contribution in [0.2, 0.25) is 0 Å². The van der Waals surface area contributed by atoms with Crippen molar-refractivity contribution in [3.8, 4) is 0 Å². The Labute approximate surface area is 105 Å². The summed E-state index contributed by atoms with van der Waals surface area (Å²) in [6.45, 7) is 4.44. The summed E-state index contributed by atoms with van der Waals surface area (Å²) in [5.41, 5.74) is 2.11. The minimum absolute atomic E-state index is 0.0550. The van der Waals surface area contributed by atoms with Crippen LogP contribution in [0.4, 0.5) is 0 Å². The van der Waals surface area contributed by atoms with Crippen LogP contribution in [-0.4, -0.2) is 20.6 Å². The number of hydrogen-bond donors (Lipinski definition) is 1. The lowest BCUT2D eigenvalue weighted by atomic mass is 9.98. The van der Waals surface area contributed by atoms with Gasteiger partial charge in [-0.15, -0.1) is 0 Å².